The zero-order valence-corrected chi connectivity index (χ0v) is 10.1. The third-order valence-electron chi connectivity index (χ3n) is 2.48. The van der Waals surface area contributed by atoms with Crippen molar-refractivity contribution in [2.75, 3.05) is 13.2 Å². The molecule has 0 fully saturated rings. The van der Waals surface area contributed by atoms with Gasteiger partial charge in [0.2, 0.25) is 0 Å². The molecule has 0 atom stereocenters. The summed E-state index contributed by atoms with van der Waals surface area (Å²) in [5.41, 5.74) is -0.449. The molecule has 0 aromatic heterocycles. The summed E-state index contributed by atoms with van der Waals surface area (Å²) in [6.45, 7) is -0.458. The van der Waals surface area contributed by atoms with Crippen molar-refractivity contribution in [3.8, 4) is 23.7 Å². The summed E-state index contributed by atoms with van der Waals surface area (Å²) in [5.74, 6) is 10.5. The Kier molecular flexibility index (Phi) is 5.97. The largest absolute Gasteiger partial charge is 0.384 e. The third kappa shape index (κ3) is 4.24. The minimum absolute atomic E-state index is 0.192. The van der Waals surface area contributed by atoms with Crippen LogP contribution in [0.4, 0.5) is 0 Å². The smallest absolute Gasteiger partial charge is 0.111 e. The summed E-state index contributed by atoms with van der Waals surface area (Å²) in [7, 11) is 0. The first-order chi connectivity index (χ1) is 8.73. The molecule has 3 heteroatoms. The molecule has 0 aliphatic carbocycles. The monoisotopic (exact) mass is 244 g/mol. The predicted molar refractivity (Wildman–Crippen MR) is 69.3 cm³/mol. The van der Waals surface area contributed by atoms with Crippen LogP contribution < -0.4 is 0 Å². The van der Waals surface area contributed by atoms with Gasteiger partial charge in [-0.1, -0.05) is 54.0 Å². The Labute approximate surface area is 107 Å². The topological polar surface area (TPSA) is 60.7 Å². The van der Waals surface area contributed by atoms with Crippen molar-refractivity contribution in [1.82, 2.24) is 0 Å². The standard InChI is InChI=1S/C15H16O3/c16-12-6-4-10-15(18,11-5-7-13-17)14-8-2-1-3-9-14/h1-3,8-9,16-18H,10-13H2. The molecule has 0 bridgehead atoms. The summed E-state index contributed by atoms with van der Waals surface area (Å²) in [4.78, 5) is 0. The molecule has 0 aliphatic rings. The highest BCUT2D eigenvalue weighted by molar-refractivity contribution is 5.26. The van der Waals surface area contributed by atoms with Crippen molar-refractivity contribution in [2.45, 2.75) is 18.4 Å². The Balaban J connectivity index is 2.93. The van der Waals surface area contributed by atoms with Crippen molar-refractivity contribution in [3.05, 3.63) is 35.9 Å². The van der Waals surface area contributed by atoms with Crippen LogP contribution in [-0.2, 0) is 5.60 Å². The average molecular weight is 244 g/mol. The van der Waals surface area contributed by atoms with Crippen LogP contribution in [0.1, 0.15) is 18.4 Å². The van der Waals surface area contributed by atoms with Crippen LogP contribution in [0.5, 0.6) is 0 Å². The van der Waals surface area contributed by atoms with Gasteiger partial charge in [0.05, 0.1) is 0 Å². The van der Waals surface area contributed by atoms with Crippen LogP contribution in [0.2, 0.25) is 0 Å². The summed E-state index contributed by atoms with van der Waals surface area (Å²) in [6.07, 6.45) is 0.384. The molecule has 18 heavy (non-hydrogen) atoms. The Bertz CT molecular complexity index is 447. The average Bonchev–Trinajstić information content (AvgIpc) is 2.40. The first-order valence-corrected chi connectivity index (χ1v) is 5.64. The van der Waals surface area contributed by atoms with Gasteiger partial charge in [-0.05, 0) is 5.56 Å². The maximum Gasteiger partial charge on any atom is 0.111 e. The lowest BCUT2D eigenvalue weighted by molar-refractivity contribution is 0.0473. The van der Waals surface area contributed by atoms with Crippen LogP contribution in [0.15, 0.2) is 30.3 Å². The van der Waals surface area contributed by atoms with Crippen molar-refractivity contribution >= 4 is 0 Å². The molecule has 1 aromatic rings. The molecule has 0 spiro atoms. The van der Waals surface area contributed by atoms with Gasteiger partial charge in [-0.25, -0.2) is 0 Å². The summed E-state index contributed by atoms with van der Waals surface area (Å²) in [6, 6.07) is 9.14. The molecule has 0 heterocycles. The van der Waals surface area contributed by atoms with Crippen LogP contribution in [0, 0.1) is 23.7 Å². The molecule has 3 N–H and O–H groups in total. The second kappa shape index (κ2) is 7.53. The highest BCUT2D eigenvalue weighted by Crippen LogP contribution is 2.27. The molecular formula is C15H16O3. The molecule has 1 aromatic carbocycles. The van der Waals surface area contributed by atoms with E-state index in [-0.39, 0.29) is 26.1 Å². The van der Waals surface area contributed by atoms with E-state index in [1.165, 1.54) is 0 Å². The second-order valence-corrected chi connectivity index (χ2v) is 3.77. The van der Waals surface area contributed by atoms with Gasteiger partial charge < -0.3 is 15.3 Å². The number of rotatable bonds is 3. The molecular weight excluding hydrogens is 228 g/mol. The number of hydrogen-bond acceptors (Lipinski definition) is 3. The van der Waals surface area contributed by atoms with Crippen molar-refractivity contribution in [2.24, 2.45) is 0 Å². The van der Waals surface area contributed by atoms with Crippen LogP contribution in [0.3, 0.4) is 0 Å². The van der Waals surface area contributed by atoms with E-state index in [2.05, 4.69) is 23.7 Å². The fourth-order valence-corrected chi connectivity index (χ4v) is 1.54. The van der Waals surface area contributed by atoms with Crippen molar-refractivity contribution in [3.63, 3.8) is 0 Å². The lowest BCUT2D eigenvalue weighted by Crippen LogP contribution is -2.24. The quantitative estimate of drug-likeness (QED) is 0.684. The third-order valence-corrected chi connectivity index (χ3v) is 2.48. The number of aliphatic hydroxyl groups is 3. The normalized spacial score (nSPS) is 9.94. The van der Waals surface area contributed by atoms with Gasteiger partial charge in [-0.2, -0.15) is 0 Å². The first-order valence-electron chi connectivity index (χ1n) is 5.64. The minimum Gasteiger partial charge on any atom is -0.384 e. The molecule has 3 nitrogen and oxygen atoms in total. The van der Waals surface area contributed by atoms with E-state index in [9.17, 15) is 5.11 Å². The van der Waals surface area contributed by atoms with Crippen LogP contribution in [-0.4, -0.2) is 28.5 Å². The van der Waals surface area contributed by atoms with E-state index in [1.807, 2.05) is 18.2 Å². The number of aliphatic hydroxyl groups excluding tert-OH is 2. The molecule has 0 amide bonds. The molecule has 0 saturated heterocycles. The van der Waals surface area contributed by atoms with Gasteiger partial charge in [0.15, 0.2) is 0 Å². The van der Waals surface area contributed by atoms with Crippen LogP contribution in [0.25, 0.3) is 0 Å². The highest BCUT2D eigenvalue weighted by Gasteiger charge is 2.27. The number of benzene rings is 1. The van der Waals surface area contributed by atoms with E-state index in [0.717, 1.165) is 5.56 Å². The van der Waals surface area contributed by atoms with Gasteiger partial charge in [0.25, 0.3) is 0 Å². The van der Waals surface area contributed by atoms with E-state index in [1.54, 1.807) is 12.1 Å². The van der Waals surface area contributed by atoms with E-state index >= 15 is 0 Å². The fourth-order valence-electron chi connectivity index (χ4n) is 1.54. The Morgan fingerprint density at radius 1 is 0.833 bits per heavy atom. The van der Waals surface area contributed by atoms with E-state index in [4.69, 9.17) is 10.2 Å². The Morgan fingerprint density at radius 2 is 1.33 bits per heavy atom. The fraction of sp³-hybridized carbons (Fsp3) is 0.333. The predicted octanol–water partition coefficient (Wildman–Crippen LogP) is 0.646. The minimum atomic E-state index is -1.17. The summed E-state index contributed by atoms with van der Waals surface area (Å²) >= 11 is 0. The molecule has 1 rings (SSSR count). The van der Waals surface area contributed by atoms with Gasteiger partial charge in [-0.3, -0.25) is 0 Å². The summed E-state index contributed by atoms with van der Waals surface area (Å²) < 4.78 is 0. The van der Waals surface area contributed by atoms with Crippen LogP contribution >= 0.6 is 0 Å². The van der Waals surface area contributed by atoms with Gasteiger partial charge in [-0.15, -0.1) is 0 Å². The maximum absolute atomic E-state index is 10.6. The Morgan fingerprint density at radius 3 is 1.78 bits per heavy atom. The molecule has 0 radical (unpaired) electrons. The van der Waals surface area contributed by atoms with Crippen molar-refractivity contribution < 1.29 is 15.3 Å². The van der Waals surface area contributed by atoms with E-state index in [0.29, 0.717) is 0 Å². The zero-order valence-electron chi connectivity index (χ0n) is 10.1. The lowest BCUT2D eigenvalue weighted by atomic mass is 9.87. The van der Waals surface area contributed by atoms with Gasteiger partial charge in [0, 0.05) is 12.8 Å². The lowest BCUT2D eigenvalue weighted by Gasteiger charge is -2.24. The molecule has 0 unspecified atom stereocenters. The first kappa shape index (κ1) is 14.3. The molecule has 0 saturated carbocycles. The maximum atomic E-state index is 10.6. The zero-order chi connectivity index (χ0) is 13.3. The SMILES string of the molecule is OCC#CCC(O)(CC#CCO)c1ccccc1. The Hall–Kier alpha value is -1.78. The molecule has 94 valence electrons. The van der Waals surface area contributed by atoms with Crippen molar-refractivity contribution in [1.29, 1.82) is 0 Å². The number of hydrogen-bond donors (Lipinski definition) is 3. The second-order valence-electron chi connectivity index (χ2n) is 3.77. The van der Waals surface area contributed by atoms with Gasteiger partial charge >= 0.3 is 0 Å². The summed E-state index contributed by atoms with van der Waals surface area (Å²) in [5, 5.41) is 27.8. The molecule has 0 aliphatic heterocycles. The highest BCUT2D eigenvalue weighted by atomic mass is 16.3. The van der Waals surface area contributed by atoms with E-state index < -0.39 is 5.60 Å². The van der Waals surface area contributed by atoms with Gasteiger partial charge in [0.1, 0.15) is 18.8 Å².